The van der Waals surface area contributed by atoms with Gasteiger partial charge in [0.25, 0.3) is 11.6 Å². The molecule has 0 bridgehead atoms. The summed E-state index contributed by atoms with van der Waals surface area (Å²) in [7, 11) is 2.83. The molecule has 1 unspecified atom stereocenters. The molecule has 1 heterocycles. The van der Waals surface area contributed by atoms with E-state index in [9.17, 15) is 25.0 Å². The van der Waals surface area contributed by atoms with Gasteiger partial charge in [-0.2, -0.15) is 9.97 Å². The van der Waals surface area contributed by atoms with Gasteiger partial charge in [0.2, 0.25) is 11.8 Å². The Balaban J connectivity index is 2.40. The van der Waals surface area contributed by atoms with E-state index in [-0.39, 0.29) is 28.5 Å². The van der Waals surface area contributed by atoms with Crippen molar-refractivity contribution >= 4 is 34.7 Å². The minimum atomic E-state index is -0.844. The summed E-state index contributed by atoms with van der Waals surface area (Å²) >= 11 is 0.978. The number of non-ortho nitro benzene ring substituents is 1. The van der Waals surface area contributed by atoms with Gasteiger partial charge in [0.15, 0.2) is 5.16 Å². The lowest BCUT2D eigenvalue weighted by Crippen LogP contribution is -2.45. The van der Waals surface area contributed by atoms with Crippen LogP contribution >= 0.6 is 11.8 Å². The number of hydrazine groups is 1. The summed E-state index contributed by atoms with van der Waals surface area (Å²) in [6, 6.07) is 4.30. The van der Waals surface area contributed by atoms with Crippen molar-refractivity contribution in [1.82, 2.24) is 9.97 Å². The van der Waals surface area contributed by atoms with E-state index in [4.69, 9.17) is 15.3 Å². The van der Waals surface area contributed by atoms with Crippen molar-refractivity contribution in [2.45, 2.75) is 24.3 Å². The first-order chi connectivity index (χ1) is 14.6. The van der Waals surface area contributed by atoms with Crippen LogP contribution in [0.2, 0.25) is 0 Å². The van der Waals surface area contributed by atoms with Gasteiger partial charge in [-0.15, -0.1) is 0 Å². The van der Waals surface area contributed by atoms with E-state index in [1.807, 2.05) is 0 Å². The lowest BCUT2D eigenvalue weighted by molar-refractivity contribution is -0.393. The van der Waals surface area contributed by atoms with Gasteiger partial charge >= 0.3 is 5.69 Å². The minimum absolute atomic E-state index is 0.176. The van der Waals surface area contributed by atoms with Crippen LogP contribution in [0.1, 0.15) is 13.8 Å². The van der Waals surface area contributed by atoms with Crippen molar-refractivity contribution < 1.29 is 24.1 Å². The summed E-state index contributed by atoms with van der Waals surface area (Å²) in [5.74, 6) is 5.40. The van der Waals surface area contributed by atoms with E-state index in [0.717, 1.165) is 30.0 Å². The maximum Gasteiger partial charge on any atom is 0.301 e. The van der Waals surface area contributed by atoms with Crippen molar-refractivity contribution in [1.29, 1.82) is 0 Å². The Kier molecular flexibility index (Phi) is 7.66. The number of nitrogens with zero attached hydrogens (tertiary/aromatic N) is 5. The smallest absolute Gasteiger partial charge is 0.301 e. The number of hydrogen-bond donors (Lipinski definition) is 1. The highest BCUT2D eigenvalue weighted by atomic mass is 32.2. The van der Waals surface area contributed by atoms with E-state index < -0.39 is 32.4 Å². The molecule has 1 aromatic carbocycles. The Hall–Kier alpha value is -3.52. The zero-order chi connectivity index (χ0) is 23.3. The van der Waals surface area contributed by atoms with E-state index >= 15 is 0 Å². The largest absolute Gasteiger partial charge is 0.481 e. The number of hydrogen-bond acceptors (Lipinski definition) is 11. The van der Waals surface area contributed by atoms with Crippen molar-refractivity contribution in [2.24, 2.45) is 11.8 Å². The molecule has 13 nitrogen and oxygen atoms in total. The molecule has 31 heavy (non-hydrogen) atoms. The summed E-state index contributed by atoms with van der Waals surface area (Å²) < 4.78 is 10.2. The van der Waals surface area contributed by atoms with Crippen LogP contribution < -0.4 is 20.3 Å². The fourth-order valence-corrected chi connectivity index (χ4v) is 3.46. The van der Waals surface area contributed by atoms with Crippen LogP contribution in [0.15, 0.2) is 29.4 Å². The van der Waals surface area contributed by atoms with Crippen LogP contribution in [0.5, 0.6) is 11.8 Å². The number of methoxy groups -OCH3 is 2. The number of thioether (sulfide) groups is 1. The first-order valence-electron chi connectivity index (χ1n) is 8.74. The maximum absolute atomic E-state index is 13.1. The number of benzene rings is 1. The number of anilines is 1. The van der Waals surface area contributed by atoms with Gasteiger partial charge in [0.05, 0.1) is 41.4 Å². The summed E-state index contributed by atoms with van der Waals surface area (Å²) in [6.07, 6.45) is 0. The van der Waals surface area contributed by atoms with Gasteiger partial charge in [-0.3, -0.25) is 25.0 Å². The van der Waals surface area contributed by atoms with Crippen LogP contribution in [0, 0.1) is 26.1 Å². The molecule has 0 aliphatic heterocycles. The van der Waals surface area contributed by atoms with Gasteiger partial charge in [0.1, 0.15) is 5.69 Å². The number of rotatable bonds is 9. The number of carbonyl (C=O) groups is 1. The second-order valence-corrected chi connectivity index (χ2v) is 7.52. The predicted molar refractivity (Wildman–Crippen MR) is 111 cm³/mol. The van der Waals surface area contributed by atoms with Crippen LogP contribution in [-0.4, -0.2) is 45.2 Å². The maximum atomic E-state index is 13.1. The number of carbonyl (C=O) groups excluding carboxylic acids is 1. The van der Waals surface area contributed by atoms with Gasteiger partial charge < -0.3 is 9.47 Å². The standard InChI is InChI=1S/C17H20N6O7S/c1-9(2)15(31-17-19-13(29-3)8-14(20-17)30-4)16(24)21(18)11-6-5-10(22(25)26)7-12(11)23(27)28/h5-9,15H,18H2,1-4H3. The molecule has 1 aromatic heterocycles. The number of nitro groups is 2. The molecule has 0 fully saturated rings. The molecule has 2 rings (SSSR count). The predicted octanol–water partition coefficient (Wildman–Crippen LogP) is 2.33. The molecule has 0 aliphatic carbocycles. The monoisotopic (exact) mass is 452 g/mol. The molecule has 0 aliphatic rings. The second kappa shape index (κ2) is 9.99. The van der Waals surface area contributed by atoms with Crippen LogP contribution in [0.25, 0.3) is 0 Å². The van der Waals surface area contributed by atoms with Gasteiger partial charge in [-0.05, 0) is 12.0 Å². The highest BCUT2D eigenvalue weighted by Gasteiger charge is 2.33. The lowest BCUT2D eigenvalue weighted by atomic mass is 10.1. The molecule has 2 aromatic rings. The van der Waals surface area contributed by atoms with E-state index in [1.165, 1.54) is 20.3 Å². The van der Waals surface area contributed by atoms with Gasteiger partial charge in [-0.25, -0.2) is 10.9 Å². The van der Waals surface area contributed by atoms with Crippen molar-refractivity contribution in [3.05, 3.63) is 44.5 Å². The molecule has 0 spiro atoms. The third-order valence-electron chi connectivity index (χ3n) is 4.02. The number of ether oxygens (including phenoxy) is 2. The van der Waals surface area contributed by atoms with Crippen molar-refractivity contribution in [3.8, 4) is 11.8 Å². The summed E-state index contributed by atoms with van der Waals surface area (Å²) in [5, 5.41) is 22.3. The summed E-state index contributed by atoms with van der Waals surface area (Å²) in [5.41, 5.74) is -1.45. The molecule has 1 amide bonds. The molecule has 0 saturated carbocycles. The zero-order valence-electron chi connectivity index (χ0n) is 17.0. The van der Waals surface area contributed by atoms with Crippen LogP contribution in [-0.2, 0) is 4.79 Å². The molecule has 14 heteroatoms. The first kappa shape index (κ1) is 23.8. The van der Waals surface area contributed by atoms with E-state index in [2.05, 4.69) is 9.97 Å². The van der Waals surface area contributed by atoms with Crippen LogP contribution in [0.4, 0.5) is 17.1 Å². The summed E-state index contributed by atoms with van der Waals surface area (Å²) in [4.78, 5) is 42.1. The Morgan fingerprint density at radius 1 is 1.10 bits per heavy atom. The lowest BCUT2D eigenvalue weighted by Gasteiger charge is -2.24. The Morgan fingerprint density at radius 2 is 1.68 bits per heavy atom. The average Bonchev–Trinajstić information content (AvgIpc) is 2.75. The van der Waals surface area contributed by atoms with Crippen LogP contribution in [0.3, 0.4) is 0 Å². The quantitative estimate of drug-likeness (QED) is 0.147. The summed E-state index contributed by atoms with van der Waals surface area (Å²) in [6.45, 7) is 3.51. The second-order valence-electron chi connectivity index (χ2n) is 6.41. The third kappa shape index (κ3) is 5.55. The SMILES string of the molecule is COc1cc(OC)nc(SC(C(=O)N(N)c2ccc([N+](=O)[O-])cc2[N+](=O)[O-])C(C)C)n1. The minimum Gasteiger partial charge on any atom is -0.481 e. The van der Waals surface area contributed by atoms with E-state index in [1.54, 1.807) is 13.8 Å². The number of aromatic nitrogens is 2. The van der Waals surface area contributed by atoms with Gasteiger partial charge in [0, 0.05) is 6.07 Å². The molecule has 166 valence electrons. The molecule has 2 N–H and O–H groups in total. The molecule has 0 radical (unpaired) electrons. The number of nitrogens with two attached hydrogens (primary N) is 1. The fourth-order valence-electron chi connectivity index (χ4n) is 2.46. The highest BCUT2D eigenvalue weighted by Crippen LogP contribution is 2.34. The Morgan fingerprint density at radius 3 is 2.13 bits per heavy atom. The van der Waals surface area contributed by atoms with Crippen molar-refractivity contribution in [3.63, 3.8) is 0 Å². The highest BCUT2D eigenvalue weighted by molar-refractivity contribution is 8.00. The van der Waals surface area contributed by atoms with Gasteiger partial charge in [-0.1, -0.05) is 25.6 Å². The molecule has 1 atom stereocenters. The molecular formula is C17H20N6O7S. The Labute approximate surface area is 180 Å². The number of nitro benzene ring substituents is 2. The molecule has 0 saturated heterocycles. The zero-order valence-corrected chi connectivity index (χ0v) is 17.9. The number of amides is 1. The average molecular weight is 452 g/mol. The first-order valence-corrected chi connectivity index (χ1v) is 9.62. The fraction of sp³-hybridized carbons (Fsp3) is 0.353. The van der Waals surface area contributed by atoms with E-state index in [0.29, 0.717) is 5.01 Å². The molecular weight excluding hydrogens is 432 g/mol. The Bertz CT molecular complexity index is 981. The normalized spacial score (nSPS) is 11.7. The van der Waals surface area contributed by atoms with Crippen molar-refractivity contribution in [2.75, 3.05) is 19.2 Å². The topological polar surface area (TPSA) is 177 Å². The third-order valence-corrected chi connectivity index (χ3v) is 5.41.